The van der Waals surface area contributed by atoms with Crippen molar-refractivity contribution in [2.75, 3.05) is 6.54 Å². The first-order valence-corrected chi connectivity index (χ1v) is 5.52. The van der Waals surface area contributed by atoms with Crippen molar-refractivity contribution in [1.82, 2.24) is 5.32 Å². The summed E-state index contributed by atoms with van der Waals surface area (Å²) in [6.45, 7) is 6.04. The summed E-state index contributed by atoms with van der Waals surface area (Å²) < 4.78 is 0. The summed E-state index contributed by atoms with van der Waals surface area (Å²) in [5.74, 6) is 2.27. The third-order valence-corrected chi connectivity index (χ3v) is 2.74. The predicted molar refractivity (Wildman–Crippen MR) is 71.3 cm³/mol. The maximum Gasteiger partial charge on any atom is 0.247 e. The van der Waals surface area contributed by atoms with E-state index in [1.807, 2.05) is 38.1 Å². The van der Waals surface area contributed by atoms with E-state index in [1.165, 1.54) is 5.56 Å². The third kappa shape index (κ3) is 3.49. The van der Waals surface area contributed by atoms with Crippen LogP contribution in [0, 0.1) is 19.3 Å². The molecule has 1 amide bonds. The Kier molecular flexibility index (Phi) is 4.54. The van der Waals surface area contributed by atoms with Gasteiger partial charge in [0.25, 0.3) is 0 Å². The first-order valence-electron chi connectivity index (χ1n) is 5.52. The molecule has 1 N–H and O–H groups in total. The molecule has 0 atom stereocenters. The number of hydrogen-bond acceptors (Lipinski definition) is 1. The van der Waals surface area contributed by atoms with Gasteiger partial charge in [-0.25, -0.2) is 0 Å². The smallest absolute Gasteiger partial charge is 0.247 e. The van der Waals surface area contributed by atoms with Crippen molar-refractivity contribution in [2.24, 2.45) is 0 Å². The third-order valence-electron chi connectivity index (χ3n) is 2.74. The summed E-state index contributed by atoms with van der Waals surface area (Å²) in [7, 11) is 0. The quantitative estimate of drug-likeness (QED) is 0.624. The van der Waals surface area contributed by atoms with Gasteiger partial charge >= 0.3 is 0 Å². The summed E-state index contributed by atoms with van der Waals surface area (Å²) in [5, 5.41) is 2.66. The standard InChI is InChI=1S/C15H17NO/c1-5-10-16-15(17)13(4)12(3)14-8-6-11(2)7-9-14/h1,6-9H,10H2,2-4H3,(H,16,17)/b13-12+. The molecule has 0 aliphatic rings. The van der Waals surface area contributed by atoms with Crippen LogP contribution >= 0.6 is 0 Å². The molecule has 0 spiro atoms. The number of terminal acetylenes is 1. The van der Waals surface area contributed by atoms with Crippen LogP contribution in [0.5, 0.6) is 0 Å². The van der Waals surface area contributed by atoms with Gasteiger partial charge in [-0.1, -0.05) is 35.7 Å². The minimum Gasteiger partial charge on any atom is -0.341 e. The van der Waals surface area contributed by atoms with E-state index in [0.29, 0.717) is 5.57 Å². The van der Waals surface area contributed by atoms with Gasteiger partial charge in [-0.2, -0.15) is 0 Å². The Morgan fingerprint density at radius 1 is 1.29 bits per heavy atom. The molecule has 1 aromatic carbocycles. The first kappa shape index (κ1) is 13.1. The summed E-state index contributed by atoms with van der Waals surface area (Å²) in [5.41, 5.74) is 3.93. The molecular formula is C15H17NO. The average molecular weight is 227 g/mol. The molecule has 0 aromatic heterocycles. The highest BCUT2D eigenvalue weighted by Crippen LogP contribution is 2.18. The lowest BCUT2D eigenvalue weighted by Gasteiger charge is -2.08. The molecule has 1 aromatic rings. The first-order chi connectivity index (χ1) is 8.06. The Bertz CT molecular complexity index is 475. The SMILES string of the molecule is C#CCNC(=O)/C(C)=C(\C)c1ccc(C)cc1. The lowest BCUT2D eigenvalue weighted by Crippen LogP contribution is -2.24. The molecule has 2 nitrogen and oxygen atoms in total. The number of nitrogens with one attached hydrogen (secondary N) is 1. The number of aryl methyl sites for hydroxylation is 1. The molecule has 0 aliphatic carbocycles. The van der Waals surface area contributed by atoms with Crippen LogP contribution in [0.25, 0.3) is 5.57 Å². The van der Waals surface area contributed by atoms with Crippen molar-refractivity contribution < 1.29 is 4.79 Å². The van der Waals surface area contributed by atoms with Crippen molar-refractivity contribution in [3.05, 3.63) is 41.0 Å². The molecule has 2 heteroatoms. The molecule has 0 fully saturated rings. The summed E-state index contributed by atoms with van der Waals surface area (Å²) in [4.78, 5) is 11.7. The Morgan fingerprint density at radius 3 is 2.41 bits per heavy atom. The van der Waals surface area contributed by atoms with Crippen LogP contribution in [0.2, 0.25) is 0 Å². The molecule has 88 valence electrons. The largest absolute Gasteiger partial charge is 0.341 e. The van der Waals surface area contributed by atoms with Crippen molar-refractivity contribution in [1.29, 1.82) is 0 Å². The van der Waals surface area contributed by atoms with Crippen LogP contribution in [-0.2, 0) is 4.79 Å². The van der Waals surface area contributed by atoms with Gasteiger partial charge in [0.05, 0.1) is 6.54 Å². The van der Waals surface area contributed by atoms with Crippen LogP contribution in [0.4, 0.5) is 0 Å². The molecule has 0 heterocycles. The molecule has 0 unspecified atom stereocenters. The molecule has 0 saturated heterocycles. The highest BCUT2D eigenvalue weighted by Gasteiger charge is 2.07. The lowest BCUT2D eigenvalue weighted by molar-refractivity contribution is -0.117. The Labute approximate surface area is 103 Å². The van der Waals surface area contributed by atoms with Crippen molar-refractivity contribution in [3.8, 4) is 12.3 Å². The predicted octanol–water partition coefficient (Wildman–Crippen LogP) is 2.54. The van der Waals surface area contributed by atoms with E-state index in [1.54, 1.807) is 6.92 Å². The molecule has 0 radical (unpaired) electrons. The summed E-state index contributed by atoms with van der Waals surface area (Å²) in [6, 6.07) is 8.10. The van der Waals surface area contributed by atoms with Crippen LogP contribution < -0.4 is 5.32 Å². The number of allylic oxidation sites excluding steroid dienone is 1. The van der Waals surface area contributed by atoms with E-state index >= 15 is 0 Å². The van der Waals surface area contributed by atoms with E-state index in [2.05, 4.69) is 11.2 Å². The van der Waals surface area contributed by atoms with E-state index in [9.17, 15) is 4.79 Å². The fourth-order valence-corrected chi connectivity index (χ4v) is 1.45. The Hall–Kier alpha value is -2.01. The second-order valence-corrected chi connectivity index (χ2v) is 4.00. The normalized spacial score (nSPS) is 11.4. The van der Waals surface area contributed by atoms with E-state index < -0.39 is 0 Å². The number of carbonyl (C=O) groups excluding carboxylic acids is 1. The molecule has 0 aliphatic heterocycles. The Balaban J connectivity index is 2.93. The van der Waals surface area contributed by atoms with Gasteiger partial charge in [0.15, 0.2) is 0 Å². The van der Waals surface area contributed by atoms with Crippen LogP contribution in [-0.4, -0.2) is 12.5 Å². The number of amides is 1. The summed E-state index contributed by atoms with van der Waals surface area (Å²) in [6.07, 6.45) is 5.10. The zero-order chi connectivity index (χ0) is 12.8. The van der Waals surface area contributed by atoms with Crippen LogP contribution in [0.1, 0.15) is 25.0 Å². The topological polar surface area (TPSA) is 29.1 Å². The molecule has 0 bridgehead atoms. The van der Waals surface area contributed by atoms with Crippen LogP contribution in [0.3, 0.4) is 0 Å². The molecular weight excluding hydrogens is 210 g/mol. The minimum atomic E-state index is -0.110. The van der Waals surface area contributed by atoms with Crippen LogP contribution in [0.15, 0.2) is 29.8 Å². The number of benzene rings is 1. The van der Waals surface area contributed by atoms with Gasteiger partial charge in [-0.3, -0.25) is 4.79 Å². The maximum absolute atomic E-state index is 11.7. The second kappa shape index (κ2) is 5.91. The Morgan fingerprint density at radius 2 is 1.88 bits per heavy atom. The van der Waals surface area contributed by atoms with E-state index in [-0.39, 0.29) is 12.5 Å². The van der Waals surface area contributed by atoms with E-state index in [0.717, 1.165) is 11.1 Å². The minimum absolute atomic E-state index is 0.110. The monoisotopic (exact) mass is 227 g/mol. The van der Waals surface area contributed by atoms with Crippen molar-refractivity contribution in [3.63, 3.8) is 0 Å². The highest BCUT2D eigenvalue weighted by molar-refractivity contribution is 6.00. The highest BCUT2D eigenvalue weighted by atomic mass is 16.1. The van der Waals surface area contributed by atoms with Crippen molar-refractivity contribution >= 4 is 11.5 Å². The van der Waals surface area contributed by atoms with Gasteiger partial charge < -0.3 is 5.32 Å². The van der Waals surface area contributed by atoms with Gasteiger partial charge in [-0.05, 0) is 31.9 Å². The van der Waals surface area contributed by atoms with Crippen molar-refractivity contribution in [2.45, 2.75) is 20.8 Å². The molecule has 0 saturated carbocycles. The fourth-order valence-electron chi connectivity index (χ4n) is 1.45. The zero-order valence-electron chi connectivity index (χ0n) is 10.5. The lowest BCUT2D eigenvalue weighted by atomic mass is 10.0. The maximum atomic E-state index is 11.7. The number of rotatable bonds is 3. The van der Waals surface area contributed by atoms with Gasteiger partial charge in [0.2, 0.25) is 5.91 Å². The second-order valence-electron chi connectivity index (χ2n) is 4.00. The average Bonchev–Trinajstić information content (AvgIpc) is 2.35. The van der Waals surface area contributed by atoms with E-state index in [4.69, 9.17) is 6.42 Å². The number of hydrogen-bond donors (Lipinski definition) is 1. The van der Waals surface area contributed by atoms with Gasteiger partial charge in [0.1, 0.15) is 0 Å². The molecule has 1 rings (SSSR count). The van der Waals surface area contributed by atoms with Gasteiger partial charge in [0, 0.05) is 5.57 Å². The fraction of sp³-hybridized carbons (Fsp3) is 0.267. The zero-order valence-corrected chi connectivity index (χ0v) is 10.5. The molecule has 17 heavy (non-hydrogen) atoms. The number of carbonyl (C=O) groups is 1. The van der Waals surface area contributed by atoms with Gasteiger partial charge in [-0.15, -0.1) is 6.42 Å². The summed E-state index contributed by atoms with van der Waals surface area (Å²) >= 11 is 0.